The molecule has 2 aromatic heterocycles. The second-order valence-corrected chi connectivity index (χ2v) is 8.34. The van der Waals surface area contributed by atoms with E-state index in [1.807, 2.05) is 13.8 Å². The molecule has 27 heavy (non-hydrogen) atoms. The molecular formula is C19H24ClN3O3S. The van der Waals surface area contributed by atoms with Gasteiger partial charge in [0.05, 0.1) is 28.6 Å². The van der Waals surface area contributed by atoms with E-state index >= 15 is 0 Å². The molecule has 1 atom stereocenters. The Labute approximate surface area is 167 Å². The number of aryl methyl sites for hydroxylation is 1. The Morgan fingerprint density at radius 3 is 2.81 bits per heavy atom. The Morgan fingerprint density at radius 2 is 2.15 bits per heavy atom. The van der Waals surface area contributed by atoms with Crippen molar-refractivity contribution < 1.29 is 14.3 Å². The summed E-state index contributed by atoms with van der Waals surface area (Å²) < 4.78 is 7.10. The van der Waals surface area contributed by atoms with Gasteiger partial charge in [-0.2, -0.15) is 5.10 Å². The average Bonchev–Trinajstić information content (AvgIpc) is 3.15. The van der Waals surface area contributed by atoms with Gasteiger partial charge in [0, 0.05) is 4.88 Å². The van der Waals surface area contributed by atoms with Gasteiger partial charge in [0.2, 0.25) is 5.91 Å². The van der Waals surface area contributed by atoms with E-state index in [1.165, 1.54) is 22.4 Å². The lowest BCUT2D eigenvalue weighted by Crippen LogP contribution is -2.22. The quantitative estimate of drug-likeness (QED) is 0.718. The van der Waals surface area contributed by atoms with Crippen LogP contribution in [0, 0.1) is 6.92 Å². The molecule has 0 fully saturated rings. The minimum absolute atomic E-state index is 0.0426. The van der Waals surface area contributed by atoms with Gasteiger partial charge >= 0.3 is 5.97 Å². The van der Waals surface area contributed by atoms with Gasteiger partial charge < -0.3 is 10.1 Å². The van der Waals surface area contributed by atoms with Gasteiger partial charge in [0.1, 0.15) is 11.5 Å². The summed E-state index contributed by atoms with van der Waals surface area (Å²) in [6.07, 6.45) is 6.04. The molecule has 1 amide bonds. The minimum atomic E-state index is -0.350. The molecule has 146 valence electrons. The van der Waals surface area contributed by atoms with Crippen LogP contribution in [0.4, 0.5) is 5.00 Å². The fraction of sp³-hybridized carbons (Fsp3) is 0.526. The van der Waals surface area contributed by atoms with Crippen molar-refractivity contribution in [1.82, 2.24) is 9.78 Å². The van der Waals surface area contributed by atoms with Crippen molar-refractivity contribution in [2.24, 2.45) is 0 Å². The highest BCUT2D eigenvalue weighted by molar-refractivity contribution is 7.17. The van der Waals surface area contributed by atoms with Crippen LogP contribution in [-0.2, 0) is 28.9 Å². The summed E-state index contributed by atoms with van der Waals surface area (Å²) in [6, 6.07) is 0. The largest absolute Gasteiger partial charge is 0.459 e. The Morgan fingerprint density at radius 1 is 1.41 bits per heavy atom. The van der Waals surface area contributed by atoms with E-state index in [9.17, 15) is 9.59 Å². The van der Waals surface area contributed by atoms with Crippen molar-refractivity contribution in [2.75, 3.05) is 5.32 Å². The van der Waals surface area contributed by atoms with E-state index in [2.05, 4.69) is 10.4 Å². The maximum absolute atomic E-state index is 12.8. The number of aromatic nitrogens is 2. The monoisotopic (exact) mass is 409 g/mol. The highest BCUT2D eigenvalue weighted by Crippen LogP contribution is 2.38. The summed E-state index contributed by atoms with van der Waals surface area (Å²) in [6.45, 7) is 5.70. The van der Waals surface area contributed by atoms with E-state index in [1.54, 1.807) is 11.6 Å². The zero-order valence-electron chi connectivity index (χ0n) is 15.8. The zero-order chi connectivity index (χ0) is 19.6. The first-order valence-corrected chi connectivity index (χ1v) is 10.4. The van der Waals surface area contributed by atoms with Crippen molar-refractivity contribution in [2.45, 2.75) is 65.5 Å². The average molecular weight is 410 g/mol. The highest BCUT2D eigenvalue weighted by Gasteiger charge is 2.28. The number of hydrogen-bond donors (Lipinski definition) is 1. The molecule has 0 bridgehead atoms. The number of esters is 1. The summed E-state index contributed by atoms with van der Waals surface area (Å²) in [7, 11) is 0. The lowest BCUT2D eigenvalue weighted by Gasteiger charge is -2.15. The Kier molecular flexibility index (Phi) is 6.22. The summed E-state index contributed by atoms with van der Waals surface area (Å²) >= 11 is 7.48. The third-order valence-electron chi connectivity index (χ3n) is 4.85. The number of ether oxygens (including phenoxy) is 1. The maximum atomic E-state index is 12.8. The van der Waals surface area contributed by atoms with Crippen molar-refractivity contribution in [3.63, 3.8) is 0 Å². The van der Waals surface area contributed by atoms with Crippen LogP contribution in [0.15, 0.2) is 6.20 Å². The molecule has 6 nitrogen and oxygen atoms in total. The van der Waals surface area contributed by atoms with E-state index in [4.69, 9.17) is 16.3 Å². The van der Waals surface area contributed by atoms with E-state index in [0.29, 0.717) is 15.6 Å². The Bertz CT molecular complexity index is 859. The van der Waals surface area contributed by atoms with E-state index < -0.39 is 0 Å². The molecule has 1 aliphatic rings. The molecule has 2 heterocycles. The normalized spacial score (nSPS) is 14.5. The predicted octanol–water partition coefficient (Wildman–Crippen LogP) is 4.38. The lowest BCUT2D eigenvalue weighted by molar-refractivity contribution is -0.116. The molecule has 3 rings (SSSR count). The molecule has 1 N–H and O–H groups in total. The van der Waals surface area contributed by atoms with Gasteiger partial charge in [-0.3, -0.25) is 9.48 Å². The van der Waals surface area contributed by atoms with Crippen LogP contribution in [0.2, 0.25) is 5.02 Å². The first kappa shape index (κ1) is 19.9. The van der Waals surface area contributed by atoms with E-state index in [-0.39, 0.29) is 24.5 Å². The number of nitrogens with one attached hydrogen (secondary N) is 1. The van der Waals surface area contributed by atoms with Gasteiger partial charge in [0.15, 0.2) is 0 Å². The number of carbonyl (C=O) groups is 2. The Balaban J connectivity index is 1.83. The SMILES string of the molecule is CCC(C)OC(=O)c1c(NC(=O)Cn2ncc(Cl)c2C)sc2c1CCCC2. The van der Waals surface area contributed by atoms with Gasteiger partial charge in [0.25, 0.3) is 0 Å². The molecule has 0 saturated carbocycles. The third-order valence-corrected chi connectivity index (χ3v) is 6.43. The summed E-state index contributed by atoms with van der Waals surface area (Å²) in [4.78, 5) is 26.5. The fourth-order valence-electron chi connectivity index (χ4n) is 3.08. The van der Waals surface area contributed by atoms with Crippen LogP contribution in [0.3, 0.4) is 0 Å². The number of amides is 1. The van der Waals surface area contributed by atoms with Crippen LogP contribution >= 0.6 is 22.9 Å². The number of halogens is 1. The first-order chi connectivity index (χ1) is 12.9. The summed E-state index contributed by atoms with van der Waals surface area (Å²) in [5, 5.41) is 8.11. The molecule has 0 spiro atoms. The topological polar surface area (TPSA) is 73.2 Å². The van der Waals surface area contributed by atoms with Gasteiger partial charge in [-0.15, -0.1) is 11.3 Å². The third kappa shape index (κ3) is 4.35. The number of nitrogens with zero attached hydrogens (tertiary/aromatic N) is 2. The molecule has 0 saturated heterocycles. The van der Waals surface area contributed by atoms with E-state index in [0.717, 1.165) is 43.4 Å². The number of anilines is 1. The molecule has 2 aromatic rings. The van der Waals surface area contributed by atoms with Crippen molar-refractivity contribution in [3.8, 4) is 0 Å². The minimum Gasteiger partial charge on any atom is -0.459 e. The molecular weight excluding hydrogens is 386 g/mol. The number of hydrogen-bond acceptors (Lipinski definition) is 5. The zero-order valence-corrected chi connectivity index (χ0v) is 17.4. The predicted molar refractivity (Wildman–Crippen MR) is 107 cm³/mol. The Hall–Kier alpha value is -1.86. The number of rotatable bonds is 6. The van der Waals surface area contributed by atoms with Crippen molar-refractivity contribution in [1.29, 1.82) is 0 Å². The molecule has 1 aliphatic carbocycles. The van der Waals surface area contributed by atoms with Crippen LogP contribution in [-0.4, -0.2) is 27.8 Å². The number of fused-ring (bicyclic) bond motifs is 1. The standard InChI is InChI=1S/C19H24ClN3O3S/c1-4-11(2)26-19(25)17-13-7-5-6-8-15(13)27-18(17)22-16(24)10-23-12(3)14(20)9-21-23/h9,11H,4-8,10H2,1-3H3,(H,22,24). The van der Waals surface area contributed by atoms with Crippen LogP contribution in [0.5, 0.6) is 0 Å². The second-order valence-electron chi connectivity index (χ2n) is 6.82. The molecule has 1 unspecified atom stereocenters. The van der Waals surface area contributed by atoms with Gasteiger partial charge in [-0.25, -0.2) is 4.79 Å². The lowest BCUT2D eigenvalue weighted by atomic mass is 9.95. The molecule has 0 aromatic carbocycles. The first-order valence-electron chi connectivity index (χ1n) is 9.24. The molecule has 8 heteroatoms. The van der Waals surface area contributed by atoms with Crippen molar-refractivity contribution >= 4 is 39.8 Å². The van der Waals surface area contributed by atoms with Crippen molar-refractivity contribution in [3.05, 3.63) is 32.9 Å². The van der Waals surface area contributed by atoms with Crippen LogP contribution in [0.25, 0.3) is 0 Å². The van der Waals surface area contributed by atoms with Gasteiger partial charge in [-0.1, -0.05) is 18.5 Å². The second kappa shape index (κ2) is 8.44. The summed E-state index contributed by atoms with van der Waals surface area (Å²) in [5.74, 6) is -0.591. The fourth-order valence-corrected chi connectivity index (χ4v) is 4.51. The smallest absolute Gasteiger partial charge is 0.341 e. The maximum Gasteiger partial charge on any atom is 0.341 e. The van der Waals surface area contributed by atoms with Gasteiger partial charge in [-0.05, 0) is 51.5 Å². The highest BCUT2D eigenvalue weighted by atomic mass is 35.5. The number of thiophene rings is 1. The molecule has 0 radical (unpaired) electrons. The van der Waals surface area contributed by atoms with Crippen LogP contribution < -0.4 is 5.32 Å². The van der Waals surface area contributed by atoms with Crippen LogP contribution in [0.1, 0.15) is 59.6 Å². The number of carbonyl (C=O) groups excluding carboxylic acids is 2. The summed E-state index contributed by atoms with van der Waals surface area (Å²) in [5.41, 5.74) is 2.29. The molecule has 0 aliphatic heterocycles.